The molecule has 0 bridgehead atoms. The number of hydrogen-bond donors (Lipinski definition) is 1. The molecule has 0 aliphatic carbocycles. The van der Waals surface area contributed by atoms with Crippen LogP contribution < -0.4 is 0 Å². The molecule has 1 heterocycles. The Labute approximate surface area is 67.8 Å². The van der Waals surface area contributed by atoms with Crippen LogP contribution in [-0.2, 0) is 0 Å². The molecule has 1 rings (SSSR count). The third kappa shape index (κ3) is 2.33. The molecule has 0 spiro atoms. The molecule has 1 aliphatic rings. The number of hydrogen-bond acceptors (Lipinski definition) is 4. The summed E-state index contributed by atoms with van der Waals surface area (Å²) in [5.41, 5.74) is 0. The molecule has 4 heteroatoms. The van der Waals surface area contributed by atoms with Crippen molar-refractivity contribution in [3.8, 4) is 0 Å². The summed E-state index contributed by atoms with van der Waals surface area (Å²) < 4.78 is 0. The third-order valence-electron chi connectivity index (χ3n) is 0.964. The normalized spacial score (nSPS) is 20.6. The van der Waals surface area contributed by atoms with Gasteiger partial charge in [0.1, 0.15) is 0 Å². The summed E-state index contributed by atoms with van der Waals surface area (Å²) in [6.45, 7) is 0. The summed E-state index contributed by atoms with van der Waals surface area (Å²) in [6, 6.07) is 0. The van der Waals surface area contributed by atoms with Crippen LogP contribution in [-0.4, -0.2) is 21.8 Å². The Morgan fingerprint density at radius 2 is 2.38 bits per heavy atom. The third-order valence-corrected chi connectivity index (χ3v) is 5.38. The average Bonchev–Trinajstić information content (AvgIpc) is 1.63. The van der Waals surface area contributed by atoms with Gasteiger partial charge in [0.15, 0.2) is 0 Å². The van der Waals surface area contributed by atoms with E-state index in [4.69, 9.17) is 0 Å². The molecule has 1 fully saturated rings. The van der Waals surface area contributed by atoms with Gasteiger partial charge in [0.2, 0.25) is 0 Å². The molecule has 0 amide bonds. The predicted octanol–water partition coefficient (Wildman–Crippen LogP) is 2.37. The van der Waals surface area contributed by atoms with Crippen molar-refractivity contribution in [1.82, 2.24) is 0 Å². The van der Waals surface area contributed by atoms with Gasteiger partial charge in [-0.2, -0.15) is 11.8 Å². The molecule has 0 unspecified atom stereocenters. The molecule has 48 valence electrons. The Morgan fingerprint density at radius 1 is 1.62 bits per heavy atom. The highest BCUT2D eigenvalue weighted by Gasteiger charge is 2.17. The van der Waals surface area contributed by atoms with E-state index in [0.717, 1.165) is 10.3 Å². The topological polar surface area (TPSA) is 0 Å². The molecule has 0 radical (unpaired) electrons. The summed E-state index contributed by atoms with van der Waals surface area (Å²) >= 11 is 8.12. The van der Waals surface area contributed by atoms with E-state index in [-0.39, 0.29) is 0 Å². The molecule has 1 saturated heterocycles. The molecule has 0 aromatic rings. The van der Waals surface area contributed by atoms with Crippen LogP contribution >= 0.6 is 46.0 Å². The molecule has 1 aliphatic heterocycles. The number of thioether (sulfide) groups is 2. The van der Waals surface area contributed by atoms with E-state index in [1.807, 2.05) is 23.5 Å². The van der Waals surface area contributed by atoms with E-state index < -0.39 is 0 Å². The monoisotopic (exact) mass is 184 g/mol. The van der Waals surface area contributed by atoms with Crippen LogP contribution in [0, 0.1) is 0 Å². The van der Waals surface area contributed by atoms with Gasteiger partial charge in [-0.25, -0.2) is 0 Å². The van der Waals surface area contributed by atoms with Crippen molar-refractivity contribution in [3.63, 3.8) is 0 Å². The largest absolute Gasteiger partial charge is 0.160 e. The lowest BCUT2D eigenvalue weighted by atomic mass is 10.5. The second-order valence-corrected chi connectivity index (χ2v) is 5.62. The highest BCUT2D eigenvalue weighted by molar-refractivity contribution is 8.70. The number of rotatable bonds is 3. The highest BCUT2D eigenvalue weighted by Crippen LogP contribution is 2.31. The quantitative estimate of drug-likeness (QED) is 0.406. The zero-order valence-corrected chi connectivity index (χ0v) is 7.71. The van der Waals surface area contributed by atoms with Crippen molar-refractivity contribution in [3.05, 3.63) is 0 Å². The second kappa shape index (κ2) is 4.25. The number of thiol groups is 1. The van der Waals surface area contributed by atoms with Gasteiger partial charge in [0, 0.05) is 21.8 Å². The van der Waals surface area contributed by atoms with Gasteiger partial charge >= 0.3 is 0 Å². The van der Waals surface area contributed by atoms with E-state index in [9.17, 15) is 0 Å². The Hall–Kier alpha value is 1.40. The summed E-state index contributed by atoms with van der Waals surface area (Å²) in [4.78, 5) is 0. The van der Waals surface area contributed by atoms with Gasteiger partial charge in [-0.05, 0) is 0 Å². The first-order chi connectivity index (χ1) is 3.93. The van der Waals surface area contributed by atoms with Gasteiger partial charge in [0.05, 0.1) is 0 Å². The fraction of sp³-hybridized carbons (Fsp3) is 1.00. The zero-order chi connectivity index (χ0) is 5.82. The predicted molar refractivity (Wildman–Crippen MR) is 50.1 cm³/mol. The van der Waals surface area contributed by atoms with E-state index in [1.165, 1.54) is 11.5 Å². The molecule has 0 saturated carbocycles. The standard InChI is InChI=1S/C4H8S4/c5-8-3-7-4-1-6-2-4/h4-5H,1-3H2. The van der Waals surface area contributed by atoms with Gasteiger partial charge < -0.3 is 0 Å². The lowest BCUT2D eigenvalue weighted by Gasteiger charge is -2.23. The lowest BCUT2D eigenvalue weighted by molar-refractivity contribution is 1.09. The molecule has 0 N–H and O–H groups in total. The van der Waals surface area contributed by atoms with Crippen molar-refractivity contribution in [2.45, 2.75) is 5.25 Å². The zero-order valence-electron chi connectivity index (χ0n) is 4.37. The molecule has 0 aromatic carbocycles. The fourth-order valence-corrected chi connectivity index (χ4v) is 3.77. The van der Waals surface area contributed by atoms with Gasteiger partial charge in [-0.15, -0.1) is 23.4 Å². The van der Waals surface area contributed by atoms with Crippen LogP contribution in [0.3, 0.4) is 0 Å². The summed E-state index contributed by atoms with van der Waals surface area (Å²) in [6.07, 6.45) is 0. The van der Waals surface area contributed by atoms with Crippen LogP contribution in [0.1, 0.15) is 0 Å². The smallest absolute Gasteiger partial charge is 0.0497 e. The Balaban J connectivity index is 1.86. The van der Waals surface area contributed by atoms with E-state index in [0.29, 0.717) is 0 Å². The van der Waals surface area contributed by atoms with Crippen LogP contribution in [0.2, 0.25) is 0 Å². The van der Waals surface area contributed by atoms with Crippen molar-refractivity contribution in [1.29, 1.82) is 0 Å². The minimum absolute atomic E-state index is 0.944. The summed E-state index contributed by atoms with van der Waals surface area (Å²) in [7, 11) is 1.63. The van der Waals surface area contributed by atoms with Crippen molar-refractivity contribution in [2.24, 2.45) is 0 Å². The van der Waals surface area contributed by atoms with Crippen molar-refractivity contribution >= 4 is 46.0 Å². The lowest BCUT2D eigenvalue weighted by Crippen LogP contribution is -2.20. The Bertz CT molecular complexity index is 61.1. The van der Waals surface area contributed by atoms with Crippen molar-refractivity contribution < 1.29 is 0 Å². The van der Waals surface area contributed by atoms with Crippen LogP contribution in [0.4, 0.5) is 0 Å². The molecule has 8 heavy (non-hydrogen) atoms. The maximum absolute atomic E-state index is 4.05. The average molecular weight is 184 g/mol. The Kier molecular flexibility index (Phi) is 3.99. The summed E-state index contributed by atoms with van der Waals surface area (Å²) in [5.74, 6) is 2.72. The maximum Gasteiger partial charge on any atom is 0.0497 e. The minimum Gasteiger partial charge on any atom is -0.160 e. The second-order valence-electron chi connectivity index (χ2n) is 1.57. The van der Waals surface area contributed by atoms with Gasteiger partial charge in [-0.3, -0.25) is 0 Å². The van der Waals surface area contributed by atoms with E-state index in [2.05, 4.69) is 11.7 Å². The Morgan fingerprint density at radius 3 is 2.75 bits per heavy atom. The highest BCUT2D eigenvalue weighted by atomic mass is 33.1. The maximum atomic E-state index is 4.05. The van der Waals surface area contributed by atoms with Crippen LogP contribution in [0.25, 0.3) is 0 Å². The van der Waals surface area contributed by atoms with Crippen LogP contribution in [0.5, 0.6) is 0 Å². The van der Waals surface area contributed by atoms with Gasteiger partial charge in [-0.1, -0.05) is 10.8 Å². The van der Waals surface area contributed by atoms with Crippen LogP contribution in [0.15, 0.2) is 0 Å². The van der Waals surface area contributed by atoms with Gasteiger partial charge in [0.25, 0.3) is 0 Å². The van der Waals surface area contributed by atoms with E-state index in [1.54, 1.807) is 10.8 Å². The first kappa shape index (κ1) is 7.51. The molecular weight excluding hydrogens is 176 g/mol. The van der Waals surface area contributed by atoms with Crippen molar-refractivity contribution in [2.75, 3.05) is 16.6 Å². The first-order valence-corrected chi connectivity index (χ1v) is 6.63. The molecule has 0 atom stereocenters. The minimum atomic E-state index is 0.944. The van der Waals surface area contributed by atoms with E-state index >= 15 is 0 Å². The fourth-order valence-electron chi connectivity index (χ4n) is 0.437. The molecule has 0 aromatic heterocycles. The molecular formula is C4H8S4. The first-order valence-electron chi connectivity index (χ1n) is 2.39. The SMILES string of the molecule is SSCSC1CSC1. The summed E-state index contributed by atoms with van der Waals surface area (Å²) in [5, 5.41) is 2.09. The molecule has 0 nitrogen and oxygen atoms in total.